The average molecular weight is 168 g/mol. The van der Waals surface area contributed by atoms with E-state index in [-0.39, 0.29) is 11.3 Å². The van der Waals surface area contributed by atoms with E-state index in [9.17, 15) is 9.18 Å². The molecule has 1 aromatic carbocycles. The third kappa shape index (κ3) is 1.44. The summed E-state index contributed by atoms with van der Waals surface area (Å²) in [5, 5.41) is 9.13. The van der Waals surface area contributed by atoms with E-state index in [0.717, 1.165) is 6.07 Å². The third-order valence-corrected chi connectivity index (χ3v) is 1.68. The van der Waals surface area contributed by atoms with Crippen LogP contribution in [0, 0.1) is 5.82 Å². The molecule has 64 valence electrons. The lowest BCUT2D eigenvalue weighted by Gasteiger charge is -2.02. The Balaban J connectivity index is 3.28. The highest BCUT2D eigenvalue weighted by Crippen LogP contribution is 2.22. The third-order valence-electron chi connectivity index (χ3n) is 1.68. The number of phenolic OH excluding ortho intramolecular Hbond substituents is 1. The Morgan fingerprint density at radius 1 is 1.58 bits per heavy atom. The van der Waals surface area contributed by atoms with E-state index in [1.165, 1.54) is 6.07 Å². The summed E-state index contributed by atoms with van der Waals surface area (Å²) < 4.78 is 12.8. The molecular weight excluding hydrogens is 159 g/mol. The molecule has 1 N–H and O–H groups in total. The van der Waals surface area contributed by atoms with Crippen LogP contribution < -0.4 is 0 Å². The zero-order valence-electron chi connectivity index (χ0n) is 6.67. The molecule has 0 bridgehead atoms. The highest BCUT2D eigenvalue weighted by atomic mass is 19.1. The highest BCUT2D eigenvalue weighted by molar-refractivity contribution is 5.75. The summed E-state index contributed by atoms with van der Waals surface area (Å²) in [7, 11) is 0. The topological polar surface area (TPSA) is 37.3 Å². The van der Waals surface area contributed by atoms with Gasteiger partial charge in [0.1, 0.15) is 6.29 Å². The first kappa shape index (κ1) is 8.71. The van der Waals surface area contributed by atoms with Crippen LogP contribution in [-0.2, 0) is 6.42 Å². The first-order chi connectivity index (χ1) is 5.69. The molecule has 0 saturated carbocycles. The Hall–Kier alpha value is -1.38. The van der Waals surface area contributed by atoms with Gasteiger partial charge in [-0.15, -0.1) is 0 Å². The van der Waals surface area contributed by atoms with Gasteiger partial charge in [0.05, 0.1) is 0 Å². The lowest BCUT2D eigenvalue weighted by Crippen LogP contribution is -1.90. The number of rotatable bonds is 2. The SMILES string of the molecule is CCc1cc(C=O)cc(F)c1O. The van der Waals surface area contributed by atoms with Crippen molar-refractivity contribution in [3.8, 4) is 5.75 Å². The van der Waals surface area contributed by atoms with Gasteiger partial charge < -0.3 is 5.11 Å². The van der Waals surface area contributed by atoms with Crippen molar-refractivity contribution in [2.45, 2.75) is 13.3 Å². The molecule has 0 fully saturated rings. The van der Waals surface area contributed by atoms with Crippen LogP contribution in [0.2, 0.25) is 0 Å². The Morgan fingerprint density at radius 3 is 2.75 bits per heavy atom. The van der Waals surface area contributed by atoms with Crippen LogP contribution in [0.15, 0.2) is 12.1 Å². The Labute approximate surface area is 69.6 Å². The molecule has 0 aliphatic rings. The van der Waals surface area contributed by atoms with Gasteiger partial charge in [0.25, 0.3) is 0 Å². The summed E-state index contributed by atoms with van der Waals surface area (Å²) >= 11 is 0. The van der Waals surface area contributed by atoms with E-state index in [1.54, 1.807) is 6.92 Å². The summed E-state index contributed by atoms with van der Waals surface area (Å²) in [6.07, 6.45) is 1.06. The van der Waals surface area contributed by atoms with Crippen molar-refractivity contribution in [3.05, 3.63) is 29.1 Å². The number of aryl methyl sites for hydroxylation is 1. The van der Waals surface area contributed by atoms with Crippen molar-refractivity contribution in [1.29, 1.82) is 0 Å². The van der Waals surface area contributed by atoms with Crippen LogP contribution in [0.1, 0.15) is 22.8 Å². The lowest BCUT2D eigenvalue weighted by atomic mass is 10.1. The minimum Gasteiger partial charge on any atom is -0.505 e. The predicted molar refractivity (Wildman–Crippen MR) is 42.8 cm³/mol. The molecule has 0 heterocycles. The minimum absolute atomic E-state index is 0.252. The largest absolute Gasteiger partial charge is 0.505 e. The molecule has 0 atom stereocenters. The Morgan fingerprint density at radius 2 is 2.25 bits per heavy atom. The van der Waals surface area contributed by atoms with Crippen molar-refractivity contribution in [2.24, 2.45) is 0 Å². The molecule has 3 heteroatoms. The molecule has 2 nitrogen and oxygen atoms in total. The predicted octanol–water partition coefficient (Wildman–Crippen LogP) is 1.91. The van der Waals surface area contributed by atoms with Gasteiger partial charge >= 0.3 is 0 Å². The fraction of sp³-hybridized carbons (Fsp3) is 0.222. The molecule has 0 unspecified atom stereocenters. The van der Waals surface area contributed by atoms with E-state index >= 15 is 0 Å². The summed E-state index contributed by atoms with van der Waals surface area (Å²) in [4.78, 5) is 10.3. The van der Waals surface area contributed by atoms with Crippen LogP contribution in [0.5, 0.6) is 5.75 Å². The van der Waals surface area contributed by atoms with Crippen LogP contribution in [0.3, 0.4) is 0 Å². The fourth-order valence-electron chi connectivity index (χ4n) is 1.02. The van der Waals surface area contributed by atoms with Crippen molar-refractivity contribution >= 4 is 6.29 Å². The van der Waals surface area contributed by atoms with Crippen LogP contribution >= 0.6 is 0 Å². The lowest BCUT2D eigenvalue weighted by molar-refractivity contribution is 0.112. The second-order valence-corrected chi connectivity index (χ2v) is 2.48. The number of benzene rings is 1. The number of phenols is 1. The van der Waals surface area contributed by atoms with E-state index in [2.05, 4.69) is 0 Å². The van der Waals surface area contributed by atoms with Crippen LogP contribution in [0.4, 0.5) is 4.39 Å². The Bertz CT molecular complexity index is 308. The summed E-state index contributed by atoms with van der Waals surface area (Å²) in [5.74, 6) is -1.10. The fourth-order valence-corrected chi connectivity index (χ4v) is 1.02. The number of halogens is 1. The summed E-state index contributed by atoms with van der Waals surface area (Å²) in [5.41, 5.74) is 0.708. The van der Waals surface area contributed by atoms with Crippen molar-refractivity contribution in [3.63, 3.8) is 0 Å². The molecule has 0 aromatic heterocycles. The second kappa shape index (κ2) is 3.34. The van der Waals surface area contributed by atoms with Crippen molar-refractivity contribution < 1.29 is 14.3 Å². The average Bonchev–Trinajstić information content (AvgIpc) is 2.09. The molecule has 0 spiro atoms. The molecule has 1 aromatic rings. The number of aldehydes is 1. The van der Waals surface area contributed by atoms with Gasteiger partial charge in [-0.2, -0.15) is 0 Å². The van der Waals surface area contributed by atoms with Gasteiger partial charge in [-0.1, -0.05) is 6.92 Å². The van der Waals surface area contributed by atoms with E-state index in [1.807, 2.05) is 0 Å². The van der Waals surface area contributed by atoms with Gasteiger partial charge in [-0.3, -0.25) is 4.79 Å². The maximum absolute atomic E-state index is 12.8. The maximum Gasteiger partial charge on any atom is 0.165 e. The number of carbonyl (C=O) groups excluding carboxylic acids is 1. The molecule has 12 heavy (non-hydrogen) atoms. The number of carbonyl (C=O) groups is 1. The molecular formula is C9H9FO2. The summed E-state index contributed by atoms with van der Waals surface area (Å²) in [6, 6.07) is 2.49. The zero-order chi connectivity index (χ0) is 9.14. The molecule has 1 rings (SSSR count). The number of aromatic hydroxyl groups is 1. The van der Waals surface area contributed by atoms with E-state index in [0.29, 0.717) is 18.3 Å². The maximum atomic E-state index is 12.8. The normalized spacial score (nSPS) is 9.83. The van der Waals surface area contributed by atoms with Gasteiger partial charge in [-0.25, -0.2) is 4.39 Å². The highest BCUT2D eigenvalue weighted by Gasteiger charge is 2.07. The zero-order valence-corrected chi connectivity index (χ0v) is 6.67. The van der Waals surface area contributed by atoms with Crippen LogP contribution in [0.25, 0.3) is 0 Å². The second-order valence-electron chi connectivity index (χ2n) is 2.48. The number of hydrogen-bond donors (Lipinski definition) is 1. The first-order valence-corrected chi connectivity index (χ1v) is 3.65. The summed E-state index contributed by atoms with van der Waals surface area (Å²) in [6.45, 7) is 1.78. The molecule has 0 radical (unpaired) electrons. The minimum atomic E-state index is -0.739. The van der Waals surface area contributed by atoms with Crippen molar-refractivity contribution in [2.75, 3.05) is 0 Å². The van der Waals surface area contributed by atoms with Gasteiger partial charge in [0.15, 0.2) is 11.6 Å². The quantitative estimate of drug-likeness (QED) is 0.685. The smallest absolute Gasteiger partial charge is 0.165 e. The standard InChI is InChI=1S/C9H9FO2/c1-2-7-3-6(5-11)4-8(10)9(7)12/h3-5,12H,2H2,1H3. The monoisotopic (exact) mass is 168 g/mol. The van der Waals surface area contributed by atoms with E-state index in [4.69, 9.17) is 5.11 Å². The molecule has 0 saturated heterocycles. The molecule has 0 aliphatic heterocycles. The van der Waals surface area contributed by atoms with E-state index < -0.39 is 5.82 Å². The number of hydrogen-bond acceptors (Lipinski definition) is 2. The Kier molecular flexibility index (Phi) is 2.43. The van der Waals surface area contributed by atoms with Gasteiger partial charge in [0.2, 0.25) is 0 Å². The molecule has 0 aliphatic carbocycles. The van der Waals surface area contributed by atoms with Gasteiger partial charge in [0, 0.05) is 5.56 Å². The molecule has 0 amide bonds. The first-order valence-electron chi connectivity index (χ1n) is 3.65. The van der Waals surface area contributed by atoms with Crippen molar-refractivity contribution in [1.82, 2.24) is 0 Å². The van der Waals surface area contributed by atoms with Gasteiger partial charge in [-0.05, 0) is 24.1 Å². The van der Waals surface area contributed by atoms with Crippen LogP contribution in [-0.4, -0.2) is 11.4 Å².